The van der Waals surface area contributed by atoms with Gasteiger partial charge in [-0.25, -0.2) is 4.98 Å². The van der Waals surface area contributed by atoms with Crippen LogP contribution in [0.4, 0.5) is 5.69 Å². The maximum atomic E-state index is 5.05. The van der Waals surface area contributed by atoms with Gasteiger partial charge >= 0.3 is 0 Å². The van der Waals surface area contributed by atoms with Crippen molar-refractivity contribution in [3.05, 3.63) is 18.3 Å². The van der Waals surface area contributed by atoms with E-state index in [1.165, 1.54) is 12.1 Å². The molecule has 5 heteroatoms. The summed E-state index contributed by atoms with van der Waals surface area (Å²) < 4.78 is 5.05. The van der Waals surface area contributed by atoms with Gasteiger partial charge in [0.15, 0.2) is 0 Å². The third kappa shape index (κ3) is 1.83. The zero-order valence-electron chi connectivity index (χ0n) is 9.22. The van der Waals surface area contributed by atoms with Gasteiger partial charge in [0, 0.05) is 31.2 Å². The monoisotopic (exact) mass is 241 g/mol. The predicted octanol–water partition coefficient (Wildman–Crippen LogP) is 1.06. The van der Waals surface area contributed by atoms with E-state index < -0.39 is 0 Å². The van der Waals surface area contributed by atoms with Crippen LogP contribution in [0, 0.1) is 0 Å². The van der Waals surface area contributed by atoms with Crippen molar-refractivity contribution >= 4 is 18.1 Å². The van der Waals surface area contributed by atoms with Gasteiger partial charge in [0.25, 0.3) is 0 Å². The number of halogens is 1. The van der Waals surface area contributed by atoms with Crippen molar-refractivity contribution < 1.29 is 4.74 Å². The van der Waals surface area contributed by atoms with Gasteiger partial charge in [0.2, 0.25) is 5.88 Å². The summed E-state index contributed by atoms with van der Waals surface area (Å²) in [6.07, 6.45) is 3.17. The first kappa shape index (κ1) is 11.5. The van der Waals surface area contributed by atoms with Crippen LogP contribution in [0.5, 0.6) is 5.88 Å². The van der Waals surface area contributed by atoms with Gasteiger partial charge in [-0.1, -0.05) is 0 Å². The molecule has 1 aromatic heterocycles. The Bertz CT molecular complexity index is 357. The number of fused-ring (bicyclic) bond motifs is 2. The van der Waals surface area contributed by atoms with Crippen LogP contribution in [0.3, 0.4) is 0 Å². The Kier molecular flexibility index (Phi) is 3.21. The van der Waals surface area contributed by atoms with Crippen molar-refractivity contribution in [2.24, 2.45) is 0 Å². The van der Waals surface area contributed by atoms with E-state index in [1.54, 1.807) is 7.11 Å². The molecule has 0 aliphatic carbocycles. The lowest BCUT2D eigenvalue weighted by molar-refractivity contribution is 0.398. The van der Waals surface area contributed by atoms with Gasteiger partial charge < -0.3 is 15.0 Å². The molecule has 2 atom stereocenters. The van der Waals surface area contributed by atoms with E-state index in [2.05, 4.69) is 21.3 Å². The fourth-order valence-corrected chi connectivity index (χ4v) is 2.54. The van der Waals surface area contributed by atoms with E-state index in [-0.39, 0.29) is 12.4 Å². The van der Waals surface area contributed by atoms with Gasteiger partial charge in [0.1, 0.15) is 0 Å². The highest BCUT2D eigenvalue weighted by Gasteiger charge is 2.37. The minimum absolute atomic E-state index is 0. The molecule has 0 saturated carbocycles. The molecule has 1 aromatic rings. The number of anilines is 1. The number of nitrogens with zero attached hydrogens (tertiary/aromatic N) is 2. The van der Waals surface area contributed by atoms with Gasteiger partial charge in [-0.05, 0) is 12.5 Å². The molecule has 1 N–H and O–H groups in total. The molecule has 4 nitrogen and oxygen atoms in total. The van der Waals surface area contributed by atoms with Crippen molar-refractivity contribution in [2.45, 2.75) is 18.5 Å². The molecule has 0 spiro atoms. The summed E-state index contributed by atoms with van der Waals surface area (Å²) in [5, 5.41) is 3.49. The quantitative estimate of drug-likeness (QED) is 0.841. The van der Waals surface area contributed by atoms with Gasteiger partial charge in [-0.3, -0.25) is 0 Å². The Morgan fingerprint density at radius 2 is 2.38 bits per heavy atom. The zero-order chi connectivity index (χ0) is 10.3. The van der Waals surface area contributed by atoms with Crippen LogP contribution in [-0.4, -0.2) is 37.3 Å². The summed E-state index contributed by atoms with van der Waals surface area (Å²) in [4.78, 5) is 6.68. The van der Waals surface area contributed by atoms with Crippen LogP contribution < -0.4 is 15.0 Å². The highest BCUT2D eigenvalue weighted by Crippen LogP contribution is 2.29. The molecule has 3 heterocycles. The lowest BCUT2D eigenvalue weighted by atomic mass is 10.2. The van der Waals surface area contributed by atoms with Crippen molar-refractivity contribution in [3.8, 4) is 5.88 Å². The molecule has 2 saturated heterocycles. The Morgan fingerprint density at radius 1 is 1.50 bits per heavy atom. The van der Waals surface area contributed by atoms with Crippen LogP contribution in [0.25, 0.3) is 0 Å². The number of rotatable bonds is 2. The molecule has 88 valence electrons. The molecule has 2 aliphatic heterocycles. The smallest absolute Gasteiger partial charge is 0.213 e. The topological polar surface area (TPSA) is 37.4 Å². The number of methoxy groups -OCH3 is 1. The largest absolute Gasteiger partial charge is 0.481 e. The van der Waals surface area contributed by atoms with Crippen LogP contribution in [0.15, 0.2) is 18.3 Å². The molecular weight excluding hydrogens is 226 g/mol. The van der Waals surface area contributed by atoms with E-state index >= 15 is 0 Å². The lowest BCUT2D eigenvalue weighted by Crippen LogP contribution is -2.43. The zero-order valence-corrected chi connectivity index (χ0v) is 10.0. The summed E-state index contributed by atoms with van der Waals surface area (Å²) >= 11 is 0. The second-order valence-electron chi connectivity index (χ2n) is 4.21. The van der Waals surface area contributed by atoms with E-state index in [9.17, 15) is 0 Å². The first-order valence-corrected chi connectivity index (χ1v) is 5.37. The van der Waals surface area contributed by atoms with Crippen molar-refractivity contribution in [1.82, 2.24) is 10.3 Å². The Hall–Kier alpha value is -1.00. The van der Waals surface area contributed by atoms with Crippen molar-refractivity contribution in [2.75, 3.05) is 25.1 Å². The van der Waals surface area contributed by atoms with Crippen molar-refractivity contribution in [1.29, 1.82) is 0 Å². The number of aromatic nitrogens is 1. The average molecular weight is 242 g/mol. The Balaban J connectivity index is 0.000000963. The summed E-state index contributed by atoms with van der Waals surface area (Å²) in [6, 6.07) is 5.35. The maximum Gasteiger partial charge on any atom is 0.213 e. The molecule has 3 rings (SSSR count). The molecule has 0 amide bonds. The second-order valence-corrected chi connectivity index (χ2v) is 4.21. The third-order valence-electron chi connectivity index (χ3n) is 3.32. The average Bonchev–Trinajstić information content (AvgIpc) is 2.91. The van der Waals surface area contributed by atoms with E-state index in [0.29, 0.717) is 18.0 Å². The number of hydrogen-bond donors (Lipinski definition) is 1. The van der Waals surface area contributed by atoms with Crippen LogP contribution in [-0.2, 0) is 0 Å². The number of pyridine rings is 1. The van der Waals surface area contributed by atoms with E-state index in [4.69, 9.17) is 4.74 Å². The minimum atomic E-state index is 0. The summed E-state index contributed by atoms with van der Waals surface area (Å²) in [7, 11) is 1.64. The first-order chi connectivity index (χ1) is 7.36. The highest BCUT2D eigenvalue weighted by atomic mass is 35.5. The second kappa shape index (κ2) is 4.47. The molecule has 2 unspecified atom stereocenters. The number of nitrogens with one attached hydrogen (secondary N) is 1. The normalized spacial score (nSPS) is 26.7. The minimum Gasteiger partial charge on any atom is -0.481 e. The van der Waals surface area contributed by atoms with Gasteiger partial charge in [-0.15, -0.1) is 12.4 Å². The first-order valence-electron chi connectivity index (χ1n) is 5.37. The van der Waals surface area contributed by atoms with Crippen LogP contribution in [0.1, 0.15) is 6.42 Å². The summed E-state index contributed by atoms with van der Waals surface area (Å²) in [5.41, 5.74) is 1.21. The SMILES string of the molecule is COc1ccc(N2CC3CC2CN3)cn1.Cl. The molecule has 16 heavy (non-hydrogen) atoms. The number of ether oxygens (including phenoxy) is 1. The molecule has 2 bridgehead atoms. The molecule has 0 aromatic carbocycles. The fraction of sp³-hybridized carbons (Fsp3) is 0.545. The van der Waals surface area contributed by atoms with E-state index in [1.807, 2.05) is 12.3 Å². The van der Waals surface area contributed by atoms with E-state index in [0.717, 1.165) is 13.1 Å². The summed E-state index contributed by atoms with van der Waals surface area (Å²) in [5.74, 6) is 0.682. The number of hydrogen-bond acceptors (Lipinski definition) is 4. The Labute approximate surface area is 101 Å². The molecule has 0 radical (unpaired) electrons. The predicted molar refractivity (Wildman–Crippen MR) is 65.6 cm³/mol. The number of piperazine rings is 1. The third-order valence-corrected chi connectivity index (χ3v) is 3.32. The Morgan fingerprint density at radius 3 is 2.88 bits per heavy atom. The maximum absolute atomic E-state index is 5.05. The van der Waals surface area contributed by atoms with Crippen LogP contribution in [0.2, 0.25) is 0 Å². The lowest BCUT2D eigenvalue weighted by Gasteiger charge is -2.29. The summed E-state index contributed by atoms with van der Waals surface area (Å²) in [6.45, 7) is 2.22. The molecule has 2 fully saturated rings. The molecular formula is C11H16ClN3O. The highest BCUT2D eigenvalue weighted by molar-refractivity contribution is 5.85. The van der Waals surface area contributed by atoms with Gasteiger partial charge in [-0.2, -0.15) is 0 Å². The van der Waals surface area contributed by atoms with Crippen LogP contribution >= 0.6 is 12.4 Å². The van der Waals surface area contributed by atoms with Gasteiger partial charge in [0.05, 0.1) is 19.0 Å². The molecule has 2 aliphatic rings. The van der Waals surface area contributed by atoms with Crippen molar-refractivity contribution in [3.63, 3.8) is 0 Å². The fourth-order valence-electron chi connectivity index (χ4n) is 2.54. The standard InChI is InChI=1S/C11H15N3O.ClH/c1-15-11-3-2-9(5-13-11)14-7-8-4-10(14)6-12-8;/h2-3,5,8,10,12H,4,6-7H2,1H3;1H.